The number of methoxy groups -OCH3 is 1. The summed E-state index contributed by atoms with van der Waals surface area (Å²) < 4.78 is 10.9. The lowest BCUT2D eigenvalue weighted by Crippen LogP contribution is -2.49. The highest BCUT2D eigenvalue weighted by Crippen LogP contribution is 2.47. The summed E-state index contributed by atoms with van der Waals surface area (Å²) in [5.41, 5.74) is 0.614. The van der Waals surface area contributed by atoms with Crippen LogP contribution in [0.4, 0.5) is 0 Å². The molecule has 1 N–H and O–H groups in total. The molecule has 1 saturated heterocycles. The molecule has 2 atom stereocenters. The zero-order valence-corrected chi connectivity index (χ0v) is 18.8. The fourth-order valence-corrected chi connectivity index (χ4v) is 4.00. The number of carbonyl (C=O) groups is 2. The van der Waals surface area contributed by atoms with Crippen LogP contribution in [-0.2, 0) is 4.79 Å². The number of piperazine rings is 1. The first kappa shape index (κ1) is 22.1. The first-order valence-electron chi connectivity index (χ1n) is 11.2. The van der Waals surface area contributed by atoms with Crippen LogP contribution < -0.4 is 10.1 Å². The number of benzene rings is 1. The second kappa shape index (κ2) is 10.0. The Kier molecular flexibility index (Phi) is 6.95. The van der Waals surface area contributed by atoms with Crippen LogP contribution in [0.15, 0.2) is 46.9 Å². The van der Waals surface area contributed by atoms with E-state index in [0.29, 0.717) is 37.0 Å². The molecule has 2 fully saturated rings. The molecule has 1 aliphatic carbocycles. The molecule has 0 spiro atoms. The highest BCUT2D eigenvalue weighted by molar-refractivity contribution is 5.94. The average molecular weight is 438 g/mol. The van der Waals surface area contributed by atoms with Gasteiger partial charge in [-0.15, -0.1) is 0 Å². The maximum absolute atomic E-state index is 12.5. The van der Waals surface area contributed by atoms with Gasteiger partial charge < -0.3 is 19.4 Å². The highest BCUT2D eigenvalue weighted by atomic mass is 16.5. The predicted octanol–water partition coefficient (Wildman–Crippen LogP) is 3.00. The molecule has 7 nitrogen and oxygen atoms in total. The van der Waals surface area contributed by atoms with Gasteiger partial charge in [0.05, 0.1) is 7.11 Å². The van der Waals surface area contributed by atoms with E-state index in [-0.39, 0.29) is 11.8 Å². The van der Waals surface area contributed by atoms with Gasteiger partial charge in [-0.25, -0.2) is 0 Å². The van der Waals surface area contributed by atoms with Gasteiger partial charge in [-0.05, 0) is 54.8 Å². The maximum Gasteiger partial charge on any atom is 0.251 e. The molecule has 2 aromatic rings. The van der Waals surface area contributed by atoms with Crippen LogP contribution in [0.5, 0.6) is 5.75 Å². The summed E-state index contributed by atoms with van der Waals surface area (Å²) in [6, 6.07) is 11.0. The molecule has 32 heavy (non-hydrogen) atoms. The van der Waals surface area contributed by atoms with Crippen LogP contribution in [-0.4, -0.2) is 68.0 Å². The molecule has 1 aromatic heterocycles. The van der Waals surface area contributed by atoms with E-state index in [1.165, 1.54) is 6.42 Å². The van der Waals surface area contributed by atoms with Gasteiger partial charge in [-0.2, -0.15) is 0 Å². The van der Waals surface area contributed by atoms with E-state index >= 15 is 0 Å². The third-order valence-corrected chi connectivity index (χ3v) is 6.26. The Morgan fingerprint density at radius 3 is 2.50 bits per heavy atom. The summed E-state index contributed by atoms with van der Waals surface area (Å²) in [5.74, 6) is 3.65. The van der Waals surface area contributed by atoms with Gasteiger partial charge in [0, 0.05) is 56.8 Å². The first-order chi connectivity index (χ1) is 15.5. The maximum atomic E-state index is 12.5. The summed E-state index contributed by atoms with van der Waals surface area (Å²) in [7, 11) is 1.60. The Labute approximate surface area is 189 Å². The molecule has 2 unspecified atom stereocenters. The van der Waals surface area contributed by atoms with E-state index in [4.69, 9.17) is 9.15 Å². The van der Waals surface area contributed by atoms with Crippen LogP contribution in [0.25, 0.3) is 6.08 Å². The average Bonchev–Trinajstić information content (AvgIpc) is 3.36. The molecule has 1 saturated carbocycles. The van der Waals surface area contributed by atoms with Crippen molar-refractivity contribution < 1.29 is 18.7 Å². The second-order valence-electron chi connectivity index (χ2n) is 8.54. The van der Waals surface area contributed by atoms with Crippen molar-refractivity contribution in [2.75, 3.05) is 46.4 Å². The van der Waals surface area contributed by atoms with E-state index in [9.17, 15) is 9.59 Å². The van der Waals surface area contributed by atoms with Gasteiger partial charge in [0.2, 0.25) is 5.91 Å². The van der Waals surface area contributed by atoms with Crippen molar-refractivity contribution in [3.63, 3.8) is 0 Å². The Morgan fingerprint density at radius 1 is 1.12 bits per heavy atom. The lowest BCUT2D eigenvalue weighted by molar-refractivity contribution is -0.127. The van der Waals surface area contributed by atoms with Crippen molar-refractivity contribution in [1.82, 2.24) is 15.1 Å². The standard InChI is InChI=1S/C25H31N3O4/c1-18-17-22(18)23-9-7-21(32-23)8-10-24(29)28-15-13-27(14-16-28)12-11-26-25(30)19-3-5-20(31-2)6-4-19/h3-10,18,22H,11-17H2,1-2H3,(H,26,30). The monoisotopic (exact) mass is 437 g/mol. The Bertz CT molecular complexity index is 958. The normalized spacial score (nSPS) is 21.0. The molecule has 4 rings (SSSR count). The summed E-state index contributed by atoms with van der Waals surface area (Å²) in [6.07, 6.45) is 4.55. The first-order valence-corrected chi connectivity index (χ1v) is 11.2. The Balaban J connectivity index is 1.15. The van der Waals surface area contributed by atoms with Gasteiger partial charge in [0.15, 0.2) is 0 Å². The zero-order chi connectivity index (χ0) is 22.5. The van der Waals surface area contributed by atoms with Crippen LogP contribution in [0.1, 0.15) is 41.1 Å². The van der Waals surface area contributed by atoms with Crippen LogP contribution in [0, 0.1) is 5.92 Å². The SMILES string of the molecule is COc1ccc(C(=O)NCCN2CCN(C(=O)C=Cc3ccc(C4CC4C)o3)CC2)cc1. The number of hydrogen-bond acceptors (Lipinski definition) is 5. The summed E-state index contributed by atoms with van der Waals surface area (Å²) in [6.45, 7) is 6.50. The van der Waals surface area contributed by atoms with Gasteiger partial charge >= 0.3 is 0 Å². The van der Waals surface area contributed by atoms with Crippen molar-refractivity contribution in [3.8, 4) is 5.75 Å². The summed E-state index contributed by atoms with van der Waals surface area (Å²) in [4.78, 5) is 28.9. The second-order valence-corrected chi connectivity index (χ2v) is 8.54. The van der Waals surface area contributed by atoms with Crippen molar-refractivity contribution in [1.29, 1.82) is 0 Å². The number of carbonyl (C=O) groups excluding carboxylic acids is 2. The quantitative estimate of drug-likeness (QED) is 0.643. The molecule has 2 aliphatic rings. The van der Waals surface area contributed by atoms with Crippen LogP contribution in [0.2, 0.25) is 0 Å². The third kappa shape index (κ3) is 5.59. The van der Waals surface area contributed by atoms with E-state index in [1.807, 2.05) is 17.0 Å². The molecule has 2 heterocycles. The predicted molar refractivity (Wildman–Crippen MR) is 123 cm³/mol. The molecule has 1 aromatic carbocycles. The minimum absolute atomic E-state index is 0.00944. The van der Waals surface area contributed by atoms with Gasteiger partial charge in [-0.3, -0.25) is 14.5 Å². The number of nitrogens with one attached hydrogen (secondary N) is 1. The summed E-state index contributed by atoms with van der Waals surface area (Å²) >= 11 is 0. The summed E-state index contributed by atoms with van der Waals surface area (Å²) in [5, 5.41) is 2.95. The van der Waals surface area contributed by atoms with Gasteiger partial charge in [-0.1, -0.05) is 6.92 Å². The molecule has 0 radical (unpaired) electrons. The Hall–Kier alpha value is -3.06. The van der Waals surface area contributed by atoms with E-state index < -0.39 is 0 Å². The number of hydrogen-bond donors (Lipinski definition) is 1. The molecular formula is C25H31N3O4. The molecule has 170 valence electrons. The molecule has 0 bridgehead atoms. The largest absolute Gasteiger partial charge is 0.497 e. The van der Waals surface area contributed by atoms with E-state index in [1.54, 1.807) is 43.5 Å². The third-order valence-electron chi connectivity index (χ3n) is 6.26. The lowest BCUT2D eigenvalue weighted by atomic mass is 10.2. The minimum atomic E-state index is -0.0937. The van der Waals surface area contributed by atoms with E-state index in [0.717, 1.165) is 36.9 Å². The number of ether oxygens (including phenoxy) is 1. The van der Waals surface area contributed by atoms with Crippen molar-refractivity contribution in [3.05, 3.63) is 59.6 Å². The number of rotatable bonds is 8. The Morgan fingerprint density at radius 2 is 1.84 bits per heavy atom. The van der Waals surface area contributed by atoms with Crippen molar-refractivity contribution >= 4 is 17.9 Å². The number of nitrogens with zero attached hydrogens (tertiary/aromatic N) is 2. The number of amides is 2. The van der Waals surface area contributed by atoms with Gasteiger partial charge in [0.25, 0.3) is 5.91 Å². The number of furan rings is 1. The minimum Gasteiger partial charge on any atom is -0.497 e. The lowest BCUT2D eigenvalue weighted by Gasteiger charge is -2.34. The molecule has 1 aliphatic heterocycles. The van der Waals surface area contributed by atoms with E-state index in [2.05, 4.69) is 17.1 Å². The molecule has 7 heteroatoms. The van der Waals surface area contributed by atoms with Crippen LogP contribution >= 0.6 is 0 Å². The van der Waals surface area contributed by atoms with Crippen LogP contribution in [0.3, 0.4) is 0 Å². The van der Waals surface area contributed by atoms with Crippen molar-refractivity contribution in [2.45, 2.75) is 19.3 Å². The highest BCUT2D eigenvalue weighted by Gasteiger charge is 2.36. The molecular weight excluding hydrogens is 406 g/mol. The fourth-order valence-electron chi connectivity index (χ4n) is 4.00. The zero-order valence-electron chi connectivity index (χ0n) is 18.8. The van der Waals surface area contributed by atoms with Crippen molar-refractivity contribution in [2.24, 2.45) is 5.92 Å². The smallest absolute Gasteiger partial charge is 0.251 e. The topological polar surface area (TPSA) is 75.0 Å². The fraction of sp³-hybridized carbons (Fsp3) is 0.440. The molecule has 2 amide bonds. The van der Waals surface area contributed by atoms with Gasteiger partial charge in [0.1, 0.15) is 17.3 Å².